The van der Waals surface area contributed by atoms with E-state index in [0.717, 1.165) is 54.7 Å². The molecule has 4 heterocycles. The summed E-state index contributed by atoms with van der Waals surface area (Å²) in [7, 11) is 1.66. The van der Waals surface area contributed by atoms with Crippen LogP contribution in [0.1, 0.15) is 11.4 Å². The van der Waals surface area contributed by atoms with Crippen molar-refractivity contribution in [3.63, 3.8) is 0 Å². The van der Waals surface area contributed by atoms with Crippen LogP contribution < -0.4 is 15.4 Å². The fraction of sp³-hybridized carbons (Fsp3) is 0.412. The third-order valence-corrected chi connectivity index (χ3v) is 4.58. The number of hydrogen-bond donors (Lipinski definition) is 0. The standard InChI is InChI=1S/C17H21N7O/c1-12-9-16(24-15(19-12)8-13(2)20-24)23-6-4-22(5-7-23)14-10-17(25)21(3)18-11-14/h8-11H,4-7H2,1-3H3. The molecule has 0 atom stereocenters. The number of piperazine rings is 1. The number of aryl methyl sites for hydroxylation is 3. The lowest BCUT2D eigenvalue weighted by Crippen LogP contribution is -2.47. The summed E-state index contributed by atoms with van der Waals surface area (Å²) in [5.41, 5.74) is 3.63. The smallest absolute Gasteiger partial charge is 0.268 e. The van der Waals surface area contributed by atoms with E-state index in [4.69, 9.17) is 0 Å². The van der Waals surface area contributed by atoms with Gasteiger partial charge < -0.3 is 9.80 Å². The Kier molecular flexibility index (Phi) is 3.67. The van der Waals surface area contributed by atoms with Crippen molar-refractivity contribution >= 4 is 17.2 Å². The van der Waals surface area contributed by atoms with E-state index in [1.54, 1.807) is 19.3 Å². The molecule has 0 radical (unpaired) electrons. The van der Waals surface area contributed by atoms with E-state index < -0.39 is 0 Å². The number of anilines is 2. The predicted molar refractivity (Wildman–Crippen MR) is 96.4 cm³/mol. The lowest BCUT2D eigenvalue weighted by Gasteiger charge is -2.37. The van der Waals surface area contributed by atoms with E-state index in [0.29, 0.717) is 0 Å². The van der Waals surface area contributed by atoms with Gasteiger partial charge in [0.05, 0.1) is 17.6 Å². The maximum absolute atomic E-state index is 11.8. The lowest BCUT2D eigenvalue weighted by atomic mass is 10.2. The van der Waals surface area contributed by atoms with Crippen LogP contribution in [-0.4, -0.2) is 50.6 Å². The van der Waals surface area contributed by atoms with Gasteiger partial charge in [-0.25, -0.2) is 9.67 Å². The van der Waals surface area contributed by atoms with Gasteiger partial charge in [0.15, 0.2) is 5.65 Å². The van der Waals surface area contributed by atoms with E-state index in [9.17, 15) is 4.79 Å². The Morgan fingerprint density at radius 3 is 2.40 bits per heavy atom. The first-order valence-corrected chi connectivity index (χ1v) is 8.38. The molecule has 1 aliphatic heterocycles. The van der Waals surface area contributed by atoms with Crippen LogP contribution >= 0.6 is 0 Å². The Hall–Kier alpha value is -2.90. The SMILES string of the molecule is Cc1cc(N2CCN(c3cnn(C)c(=O)c3)CC2)n2nc(C)cc2n1. The van der Waals surface area contributed by atoms with Gasteiger partial charge in [0.2, 0.25) is 0 Å². The zero-order valence-electron chi connectivity index (χ0n) is 14.7. The number of nitrogens with zero attached hydrogens (tertiary/aromatic N) is 7. The first-order chi connectivity index (χ1) is 12.0. The quantitative estimate of drug-likeness (QED) is 0.687. The van der Waals surface area contributed by atoms with Gasteiger partial charge in [-0.15, -0.1) is 0 Å². The van der Waals surface area contributed by atoms with Gasteiger partial charge in [-0.05, 0) is 13.8 Å². The second-order valence-electron chi connectivity index (χ2n) is 6.46. The zero-order chi connectivity index (χ0) is 17.6. The maximum Gasteiger partial charge on any atom is 0.268 e. The van der Waals surface area contributed by atoms with Crippen LogP contribution in [-0.2, 0) is 7.05 Å². The molecule has 8 nitrogen and oxygen atoms in total. The van der Waals surface area contributed by atoms with Crippen LogP contribution in [0.15, 0.2) is 29.2 Å². The van der Waals surface area contributed by atoms with Crippen molar-refractivity contribution < 1.29 is 0 Å². The van der Waals surface area contributed by atoms with Gasteiger partial charge in [-0.2, -0.15) is 14.7 Å². The Morgan fingerprint density at radius 2 is 1.68 bits per heavy atom. The highest BCUT2D eigenvalue weighted by atomic mass is 16.1. The van der Waals surface area contributed by atoms with E-state index >= 15 is 0 Å². The first kappa shape index (κ1) is 15.6. The summed E-state index contributed by atoms with van der Waals surface area (Å²) in [5.74, 6) is 1.07. The molecule has 1 aliphatic rings. The molecule has 0 N–H and O–H groups in total. The van der Waals surface area contributed by atoms with Gasteiger partial charge in [-0.1, -0.05) is 0 Å². The van der Waals surface area contributed by atoms with Crippen molar-refractivity contribution in [2.45, 2.75) is 13.8 Å². The molecule has 130 valence electrons. The molecule has 0 amide bonds. The fourth-order valence-electron chi connectivity index (χ4n) is 3.25. The van der Waals surface area contributed by atoms with Crippen molar-refractivity contribution in [3.8, 4) is 0 Å². The molecule has 3 aromatic heterocycles. The van der Waals surface area contributed by atoms with Gasteiger partial charge in [0, 0.05) is 57.1 Å². The number of hydrogen-bond acceptors (Lipinski definition) is 6. The summed E-state index contributed by atoms with van der Waals surface area (Å²) in [6.07, 6.45) is 1.75. The van der Waals surface area contributed by atoms with E-state index in [-0.39, 0.29) is 5.56 Å². The minimum atomic E-state index is -0.0848. The molecular formula is C17H21N7O. The molecule has 0 bridgehead atoms. The van der Waals surface area contributed by atoms with Crippen molar-refractivity contribution in [1.82, 2.24) is 24.4 Å². The Labute approximate surface area is 145 Å². The molecule has 0 unspecified atom stereocenters. The molecule has 0 spiro atoms. The Morgan fingerprint density at radius 1 is 0.960 bits per heavy atom. The summed E-state index contributed by atoms with van der Waals surface area (Å²) in [4.78, 5) is 20.9. The monoisotopic (exact) mass is 339 g/mol. The molecule has 1 fully saturated rings. The topological polar surface area (TPSA) is 71.6 Å². The highest BCUT2D eigenvalue weighted by Crippen LogP contribution is 2.21. The molecule has 4 rings (SSSR count). The van der Waals surface area contributed by atoms with E-state index in [1.165, 1.54) is 4.68 Å². The van der Waals surface area contributed by atoms with Gasteiger partial charge in [0.25, 0.3) is 5.56 Å². The van der Waals surface area contributed by atoms with Crippen LogP contribution in [0.25, 0.3) is 5.65 Å². The van der Waals surface area contributed by atoms with Gasteiger partial charge in [-0.3, -0.25) is 4.79 Å². The molecule has 8 heteroatoms. The summed E-state index contributed by atoms with van der Waals surface area (Å²) in [5, 5.41) is 8.69. The third kappa shape index (κ3) is 2.84. The van der Waals surface area contributed by atoms with Crippen molar-refractivity contribution in [2.75, 3.05) is 36.0 Å². The average Bonchev–Trinajstić information content (AvgIpc) is 2.97. The molecule has 0 aliphatic carbocycles. The minimum absolute atomic E-state index is 0.0848. The molecule has 1 saturated heterocycles. The molecule has 25 heavy (non-hydrogen) atoms. The molecule has 0 saturated carbocycles. The summed E-state index contributed by atoms with van der Waals surface area (Å²) < 4.78 is 3.26. The van der Waals surface area contributed by atoms with Crippen molar-refractivity contribution in [3.05, 3.63) is 46.1 Å². The zero-order valence-corrected chi connectivity index (χ0v) is 14.7. The second kappa shape index (κ2) is 5.87. The number of rotatable bonds is 2. The Bertz CT molecular complexity index is 982. The lowest BCUT2D eigenvalue weighted by molar-refractivity contribution is 0.630. The normalized spacial score (nSPS) is 15.2. The van der Waals surface area contributed by atoms with Crippen LogP contribution in [0, 0.1) is 13.8 Å². The van der Waals surface area contributed by atoms with Crippen LogP contribution in [0.3, 0.4) is 0 Å². The highest BCUT2D eigenvalue weighted by Gasteiger charge is 2.21. The number of aromatic nitrogens is 5. The largest absolute Gasteiger partial charge is 0.367 e. The van der Waals surface area contributed by atoms with Gasteiger partial charge >= 0.3 is 0 Å². The molecule has 0 aromatic carbocycles. The molecular weight excluding hydrogens is 318 g/mol. The van der Waals surface area contributed by atoms with Crippen molar-refractivity contribution in [2.24, 2.45) is 7.05 Å². The first-order valence-electron chi connectivity index (χ1n) is 8.38. The minimum Gasteiger partial charge on any atom is -0.367 e. The van der Waals surface area contributed by atoms with Crippen LogP contribution in [0.2, 0.25) is 0 Å². The fourth-order valence-corrected chi connectivity index (χ4v) is 3.25. The summed E-state index contributed by atoms with van der Waals surface area (Å²) in [6.45, 7) is 7.36. The predicted octanol–water partition coefficient (Wildman–Crippen LogP) is 0.766. The van der Waals surface area contributed by atoms with Crippen molar-refractivity contribution in [1.29, 1.82) is 0 Å². The second-order valence-corrected chi connectivity index (χ2v) is 6.46. The van der Waals surface area contributed by atoms with Crippen LogP contribution in [0.5, 0.6) is 0 Å². The highest BCUT2D eigenvalue weighted by molar-refractivity contribution is 5.53. The Balaban J connectivity index is 1.58. The maximum atomic E-state index is 11.8. The molecule has 3 aromatic rings. The third-order valence-electron chi connectivity index (χ3n) is 4.58. The van der Waals surface area contributed by atoms with Crippen LogP contribution in [0.4, 0.5) is 11.5 Å². The van der Waals surface area contributed by atoms with E-state index in [2.05, 4.69) is 31.0 Å². The van der Waals surface area contributed by atoms with E-state index in [1.807, 2.05) is 24.4 Å². The van der Waals surface area contributed by atoms with Gasteiger partial charge in [0.1, 0.15) is 5.82 Å². The average molecular weight is 339 g/mol. The summed E-state index contributed by atoms with van der Waals surface area (Å²) in [6, 6.07) is 5.72. The summed E-state index contributed by atoms with van der Waals surface area (Å²) >= 11 is 0. The number of fused-ring (bicyclic) bond motifs is 1.